The lowest BCUT2D eigenvalue weighted by Crippen LogP contribution is -2.16. The van der Waals surface area contributed by atoms with Gasteiger partial charge in [-0.3, -0.25) is 4.79 Å². The number of rotatable bonds is 2. The number of halogens is 2. The average molecular weight is 416 g/mol. The lowest BCUT2D eigenvalue weighted by atomic mass is 10.2. The Morgan fingerprint density at radius 2 is 1.86 bits per heavy atom. The molecule has 3 rings (SSSR count). The smallest absolute Gasteiger partial charge is 0.255 e. The summed E-state index contributed by atoms with van der Waals surface area (Å²) in [5.41, 5.74) is 1.16. The molecule has 1 heterocycles. The summed E-state index contributed by atoms with van der Waals surface area (Å²) in [6.07, 6.45) is 0. The number of benzene rings is 2. The second-order valence-electron chi connectivity index (χ2n) is 4.44. The number of nitrogens with one attached hydrogen (secondary N) is 1. The van der Waals surface area contributed by atoms with Gasteiger partial charge in [0.2, 0.25) is 0 Å². The van der Waals surface area contributed by atoms with Crippen LogP contribution >= 0.6 is 34.2 Å². The first-order valence-corrected chi connectivity index (χ1v) is 7.75. The van der Waals surface area contributed by atoms with Crippen LogP contribution < -0.4 is 14.8 Å². The molecule has 4 nitrogen and oxygen atoms in total. The highest BCUT2D eigenvalue weighted by atomic mass is 127. The minimum Gasteiger partial charge on any atom is -0.486 e. The van der Waals surface area contributed by atoms with Gasteiger partial charge in [0.25, 0.3) is 5.91 Å². The van der Waals surface area contributed by atoms with Gasteiger partial charge in [-0.25, -0.2) is 0 Å². The molecule has 0 radical (unpaired) electrons. The molecule has 0 aromatic heterocycles. The van der Waals surface area contributed by atoms with E-state index in [0.29, 0.717) is 41.0 Å². The van der Waals surface area contributed by atoms with Gasteiger partial charge in [0.05, 0.1) is 5.02 Å². The molecule has 2 aromatic rings. The fourth-order valence-corrected chi connectivity index (χ4v) is 2.48. The van der Waals surface area contributed by atoms with E-state index >= 15 is 0 Å². The number of amides is 1. The van der Waals surface area contributed by atoms with Crippen LogP contribution in [0.2, 0.25) is 5.02 Å². The van der Waals surface area contributed by atoms with E-state index in [4.69, 9.17) is 21.1 Å². The molecule has 0 fully saturated rings. The molecule has 108 valence electrons. The molecule has 1 aliphatic heterocycles. The Kier molecular flexibility index (Phi) is 4.21. The molecule has 0 aliphatic carbocycles. The average Bonchev–Trinajstić information content (AvgIpc) is 2.50. The topological polar surface area (TPSA) is 47.6 Å². The molecule has 21 heavy (non-hydrogen) atoms. The van der Waals surface area contributed by atoms with Crippen molar-refractivity contribution in [3.63, 3.8) is 0 Å². The van der Waals surface area contributed by atoms with Gasteiger partial charge in [0, 0.05) is 20.9 Å². The Bertz CT molecular complexity index is 705. The van der Waals surface area contributed by atoms with Crippen molar-refractivity contribution in [1.82, 2.24) is 0 Å². The predicted molar refractivity (Wildman–Crippen MR) is 89.6 cm³/mol. The number of anilines is 1. The lowest BCUT2D eigenvalue weighted by Gasteiger charge is -2.19. The van der Waals surface area contributed by atoms with Gasteiger partial charge < -0.3 is 14.8 Å². The summed E-state index contributed by atoms with van der Waals surface area (Å²) in [4.78, 5) is 12.2. The fourth-order valence-electron chi connectivity index (χ4n) is 1.96. The third kappa shape index (κ3) is 3.24. The summed E-state index contributed by atoms with van der Waals surface area (Å²) in [5, 5.41) is 3.38. The first kappa shape index (κ1) is 14.5. The van der Waals surface area contributed by atoms with Crippen LogP contribution in [-0.4, -0.2) is 19.1 Å². The zero-order chi connectivity index (χ0) is 14.8. The Labute approximate surface area is 140 Å². The molecule has 0 unspecified atom stereocenters. The van der Waals surface area contributed by atoms with E-state index in [1.165, 1.54) is 0 Å². The van der Waals surface area contributed by atoms with E-state index in [9.17, 15) is 4.79 Å². The quantitative estimate of drug-likeness (QED) is 0.755. The predicted octanol–water partition coefficient (Wildman–Crippen LogP) is 3.97. The molecule has 1 N–H and O–H groups in total. The van der Waals surface area contributed by atoms with Crippen molar-refractivity contribution in [2.75, 3.05) is 18.5 Å². The number of carbonyl (C=O) groups is 1. The zero-order valence-corrected chi connectivity index (χ0v) is 13.8. The van der Waals surface area contributed by atoms with Crippen LogP contribution in [0, 0.1) is 3.57 Å². The number of carbonyl (C=O) groups excluding carboxylic acids is 1. The molecule has 0 saturated heterocycles. The molecule has 0 saturated carbocycles. The lowest BCUT2D eigenvalue weighted by molar-refractivity contribution is 0.102. The fraction of sp³-hybridized carbons (Fsp3) is 0.133. The Hall–Kier alpha value is -1.47. The first-order valence-electron chi connectivity index (χ1n) is 6.29. The maximum atomic E-state index is 12.2. The van der Waals surface area contributed by atoms with Crippen LogP contribution in [0.4, 0.5) is 5.69 Å². The van der Waals surface area contributed by atoms with Gasteiger partial charge in [-0.2, -0.15) is 0 Å². The van der Waals surface area contributed by atoms with Crippen molar-refractivity contribution in [2.24, 2.45) is 0 Å². The van der Waals surface area contributed by atoms with E-state index in [1.54, 1.807) is 30.3 Å². The monoisotopic (exact) mass is 415 g/mol. The Morgan fingerprint density at radius 3 is 2.62 bits per heavy atom. The summed E-state index contributed by atoms with van der Waals surface area (Å²) in [7, 11) is 0. The van der Waals surface area contributed by atoms with Crippen molar-refractivity contribution in [3.05, 3.63) is 50.6 Å². The Balaban J connectivity index is 1.79. The molecule has 1 amide bonds. The Morgan fingerprint density at radius 1 is 1.10 bits per heavy atom. The van der Waals surface area contributed by atoms with Gasteiger partial charge >= 0.3 is 0 Å². The maximum Gasteiger partial charge on any atom is 0.255 e. The van der Waals surface area contributed by atoms with Crippen LogP contribution in [0.15, 0.2) is 36.4 Å². The number of ether oxygens (including phenoxy) is 2. The molecule has 1 aliphatic rings. The van der Waals surface area contributed by atoms with Crippen molar-refractivity contribution in [1.29, 1.82) is 0 Å². The summed E-state index contributed by atoms with van der Waals surface area (Å²) >= 11 is 8.15. The van der Waals surface area contributed by atoms with Crippen LogP contribution in [0.3, 0.4) is 0 Å². The van der Waals surface area contributed by atoms with Gasteiger partial charge in [-0.05, 0) is 52.9 Å². The standard InChI is InChI=1S/C15H11ClINO3/c16-11-7-9(1-3-12(11)17)15(19)18-10-2-4-13-14(8-10)21-6-5-20-13/h1-4,7-8H,5-6H2,(H,18,19). The molecular weight excluding hydrogens is 405 g/mol. The van der Waals surface area contributed by atoms with E-state index in [-0.39, 0.29) is 5.91 Å². The summed E-state index contributed by atoms with van der Waals surface area (Å²) in [6.45, 7) is 1.05. The second kappa shape index (κ2) is 6.11. The molecule has 0 spiro atoms. The van der Waals surface area contributed by atoms with Crippen molar-refractivity contribution in [2.45, 2.75) is 0 Å². The van der Waals surface area contributed by atoms with E-state index < -0.39 is 0 Å². The number of fused-ring (bicyclic) bond motifs is 1. The largest absolute Gasteiger partial charge is 0.486 e. The normalized spacial score (nSPS) is 12.9. The molecule has 2 aromatic carbocycles. The van der Waals surface area contributed by atoms with Crippen LogP contribution in [-0.2, 0) is 0 Å². The SMILES string of the molecule is O=C(Nc1ccc2c(c1)OCCO2)c1ccc(I)c(Cl)c1. The maximum absolute atomic E-state index is 12.2. The van der Waals surface area contributed by atoms with E-state index in [0.717, 1.165) is 3.57 Å². The van der Waals surface area contributed by atoms with Crippen LogP contribution in [0.1, 0.15) is 10.4 Å². The summed E-state index contributed by atoms with van der Waals surface area (Å²) in [5.74, 6) is 1.11. The van der Waals surface area contributed by atoms with Crippen molar-refractivity contribution < 1.29 is 14.3 Å². The highest BCUT2D eigenvalue weighted by Gasteiger charge is 2.13. The highest BCUT2D eigenvalue weighted by Crippen LogP contribution is 2.32. The van der Waals surface area contributed by atoms with E-state index in [1.807, 2.05) is 6.07 Å². The summed E-state index contributed by atoms with van der Waals surface area (Å²) in [6, 6.07) is 10.5. The highest BCUT2D eigenvalue weighted by molar-refractivity contribution is 14.1. The third-order valence-corrected chi connectivity index (χ3v) is 4.55. The second-order valence-corrected chi connectivity index (χ2v) is 6.01. The van der Waals surface area contributed by atoms with Gasteiger partial charge in [-0.1, -0.05) is 11.6 Å². The molecule has 6 heteroatoms. The molecule has 0 atom stereocenters. The minimum atomic E-state index is -0.218. The number of hydrogen-bond acceptors (Lipinski definition) is 3. The zero-order valence-electron chi connectivity index (χ0n) is 10.9. The molecular formula is C15H11ClINO3. The van der Waals surface area contributed by atoms with Crippen LogP contribution in [0.5, 0.6) is 11.5 Å². The van der Waals surface area contributed by atoms with Crippen molar-refractivity contribution in [3.8, 4) is 11.5 Å². The van der Waals surface area contributed by atoms with Gasteiger partial charge in [-0.15, -0.1) is 0 Å². The van der Waals surface area contributed by atoms with Gasteiger partial charge in [0.1, 0.15) is 13.2 Å². The summed E-state index contributed by atoms with van der Waals surface area (Å²) < 4.78 is 11.8. The third-order valence-electron chi connectivity index (χ3n) is 2.98. The first-order chi connectivity index (χ1) is 10.1. The van der Waals surface area contributed by atoms with Crippen molar-refractivity contribution >= 4 is 45.8 Å². The minimum absolute atomic E-state index is 0.218. The van der Waals surface area contributed by atoms with Gasteiger partial charge in [0.15, 0.2) is 11.5 Å². The van der Waals surface area contributed by atoms with Crippen LogP contribution in [0.25, 0.3) is 0 Å². The number of hydrogen-bond donors (Lipinski definition) is 1. The van der Waals surface area contributed by atoms with E-state index in [2.05, 4.69) is 27.9 Å². The molecule has 0 bridgehead atoms.